The largest absolute Gasteiger partial charge is 0.416 e. The summed E-state index contributed by atoms with van der Waals surface area (Å²) < 4.78 is 44.6. The Balaban J connectivity index is 1.79. The van der Waals surface area contributed by atoms with Crippen LogP contribution < -0.4 is 11.2 Å². The van der Waals surface area contributed by atoms with Crippen LogP contribution in [0, 0.1) is 18.3 Å². The van der Waals surface area contributed by atoms with Gasteiger partial charge in [-0.1, -0.05) is 6.07 Å². The van der Waals surface area contributed by atoms with E-state index in [-0.39, 0.29) is 16.9 Å². The molecule has 8 nitrogen and oxygen atoms in total. The van der Waals surface area contributed by atoms with Gasteiger partial charge >= 0.3 is 11.9 Å². The Labute approximate surface area is 221 Å². The van der Waals surface area contributed by atoms with E-state index in [1.54, 1.807) is 37.3 Å². The molecule has 0 atom stereocenters. The molecule has 39 heavy (non-hydrogen) atoms. The molecule has 3 heterocycles. The van der Waals surface area contributed by atoms with Crippen molar-refractivity contribution in [3.05, 3.63) is 98.5 Å². The van der Waals surface area contributed by atoms with Crippen LogP contribution in [0.4, 0.5) is 13.2 Å². The predicted molar refractivity (Wildman–Crippen MR) is 139 cm³/mol. The molecule has 2 aromatic carbocycles. The standard InChI is InChI=1S/C28H25F3N6O2/c1-18-25(24-10-13-33-37(24)22-8-6-19(17-32)7-9-22)26(38)36(21-11-14-34(2)15-12-21)27(39)35(18)23-5-3-4-20(16-23)28(29,30)31/h3-10,13,16,21H,11-12,14-15H2,1-2H3. The first kappa shape index (κ1) is 26.2. The zero-order chi connectivity index (χ0) is 27.9. The molecule has 0 amide bonds. The molecule has 1 saturated heterocycles. The summed E-state index contributed by atoms with van der Waals surface area (Å²) in [4.78, 5) is 30.0. The van der Waals surface area contributed by atoms with Crippen molar-refractivity contribution in [2.24, 2.45) is 0 Å². The molecule has 1 fully saturated rings. The molecular weight excluding hydrogens is 509 g/mol. The molecule has 0 radical (unpaired) electrons. The number of benzene rings is 2. The van der Waals surface area contributed by atoms with Gasteiger partial charge in [0, 0.05) is 11.7 Å². The van der Waals surface area contributed by atoms with Gasteiger partial charge in [-0.25, -0.2) is 9.48 Å². The van der Waals surface area contributed by atoms with Crippen molar-refractivity contribution in [1.29, 1.82) is 5.26 Å². The lowest BCUT2D eigenvalue weighted by Gasteiger charge is -2.30. The van der Waals surface area contributed by atoms with Crippen molar-refractivity contribution in [2.45, 2.75) is 32.0 Å². The van der Waals surface area contributed by atoms with Crippen molar-refractivity contribution in [3.8, 4) is 28.7 Å². The van der Waals surface area contributed by atoms with Crippen molar-refractivity contribution in [3.63, 3.8) is 0 Å². The Morgan fingerprint density at radius 2 is 1.69 bits per heavy atom. The highest BCUT2D eigenvalue weighted by molar-refractivity contribution is 5.64. The predicted octanol–water partition coefficient (Wildman–Crippen LogP) is 4.32. The summed E-state index contributed by atoms with van der Waals surface area (Å²) in [5, 5.41) is 13.5. The smallest absolute Gasteiger partial charge is 0.306 e. The summed E-state index contributed by atoms with van der Waals surface area (Å²) in [5.74, 6) is 0. The van der Waals surface area contributed by atoms with E-state index < -0.39 is 29.0 Å². The molecule has 0 bridgehead atoms. The third-order valence-corrected chi connectivity index (χ3v) is 7.15. The highest BCUT2D eigenvalue weighted by atomic mass is 19.4. The fraction of sp³-hybridized carbons (Fsp3) is 0.286. The molecule has 5 rings (SSSR count). The third-order valence-electron chi connectivity index (χ3n) is 7.15. The van der Waals surface area contributed by atoms with Crippen LogP contribution >= 0.6 is 0 Å². The second-order valence-corrected chi connectivity index (χ2v) is 9.62. The molecule has 0 N–H and O–H groups in total. The molecule has 0 aliphatic carbocycles. The van der Waals surface area contributed by atoms with Crippen LogP contribution in [0.15, 0.2) is 70.4 Å². The summed E-state index contributed by atoms with van der Waals surface area (Å²) in [6, 6.07) is 14.4. The normalized spacial score (nSPS) is 14.9. The van der Waals surface area contributed by atoms with Crippen molar-refractivity contribution >= 4 is 0 Å². The number of nitrogens with zero attached hydrogens (tertiary/aromatic N) is 6. The number of rotatable bonds is 4. The topological polar surface area (TPSA) is 88.8 Å². The van der Waals surface area contributed by atoms with E-state index in [0.717, 1.165) is 12.1 Å². The van der Waals surface area contributed by atoms with E-state index in [1.165, 1.54) is 32.1 Å². The maximum atomic E-state index is 14.1. The van der Waals surface area contributed by atoms with E-state index in [4.69, 9.17) is 5.26 Å². The zero-order valence-electron chi connectivity index (χ0n) is 21.3. The maximum Gasteiger partial charge on any atom is 0.416 e. The van der Waals surface area contributed by atoms with Crippen LogP contribution in [0.25, 0.3) is 22.6 Å². The van der Waals surface area contributed by atoms with Crippen LogP contribution in [-0.4, -0.2) is 44.0 Å². The maximum absolute atomic E-state index is 14.1. The van der Waals surface area contributed by atoms with Gasteiger partial charge in [0.2, 0.25) is 0 Å². The van der Waals surface area contributed by atoms with Crippen LogP contribution in [-0.2, 0) is 6.18 Å². The summed E-state index contributed by atoms with van der Waals surface area (Å²) >= 11 is 0. The fourth-order valence-electron chi connectivity index (χ4n) is 5.10. The zero-order valence-corrected chi connectivity index (χ0v) is 21.3. The van der Waals surface area contributed by atoms with Gasteiger partial charge in [0.05, 0.1) is 46.0 Å². The monoisotopic (exact) mass is 534 g/mol. The SMILES string of the molecule is Cc1c(-c2ccnn2-c2ccc(C#N)cc2)c(=O)n(C2CCN(C)CC2)c(=O)n1-c1cccc(C(F)(F)F)c1. The van der Waals surface area contributed by atoms with Gasteiger partial charge in [-0.05, 0) is 88.4 Å². The van der Waals surface area contributed by atoms with Crippen LogP contribution in [0.3, 0.4) is 0 Å². The number of likely N-dealkylation sites (tertiary alicyclic amines) is 1. The van der Waals surface area contributed by atoms with E-state index in [1.807, 2.05) is 7.05 Å². The lowest BCUT2D eigenvalue weighted by molar-refractivity contribution is -0.137. The van der Waals surface area contributed by atoms with Gasteiger partial charge in [0.25, 0.3) is 5.56 Å². The van der Waals surface area contributed by atoms with Gasteiger partial charge in [-0.3, -0.25) is 13.9 Å². The lowest BCUT2D eigenvalue weighted by atomic mass is 10.0. The van der Waals surface area contributed by atoms with Crippen molar-refractivity contribution < 1.29 is 13.2 Å². The minimum Gasteiger partial charge on any atom is -0.306 e. The molecule has 1 aliphatic heterocycles. The Bertz CT molecular complexity index is 1680. The molecular formula is C28H25F3N6O2. The third kappa shape index (κ3) is 4.79. The number of aromatic nitrogens is 4. The van der Waals surface area contributed by atoms with E-state index >= 15 is 0 Å². The highest BCUT2D eigenvalue weighted by Gasteiger charge is 2.32. The van der Waals surface area contributed by atoms with Crippen molar-refractivity contribution in [1.82, 2.24) is 23.8 Å². The number of piperidine rings is 1. The van der Waals surface area contributed by atoms with Gasteiger partial charge in [0.1, 0.15) is 0 Å². The minimum atomic E-state index is -4.60. The molecule has 0 saturated carbocycles. The lowest BCUT2D eigenvalue weighted by Crippen LogP contribution is -2.46. The average molecular weight is 535 g/mol. The average Bonchev–Trinajstić information content (AvgIpc) is 3.39. The first-order valence-corrected chi connectivity index (χ1v) is 12.4. The Kier molecular flexibility index (Phi) is 6.74. The molecule has 1 aliphatic rings. The fourth-order valence-corrected chi connectivity index (χ4v) is 5.10. The van der Waals surface area contributed by atoms with Crippen LogP contribution in [0.1, 0.15) is 35.7 Å². The van der Waals surface area contributed by atoms with Gasteiger partial charge < -0.3 is 4.90 Å². The summed E-state index contributed by atoms with van der Waals surface area (Å²) in [5.41, 5.74) is -0.319. The number of alkyl halides is 3. The van der Waals surface area contributed by atoms with Gasteiger partial charge in [0.15, 0.2) is 0 Å². The van der Waals surface area contributed by atoms with E-state index in [2.05, 4.69) is 16.1 Å². The second-order valence-electron chi connectivity index (χ2n) is 9.62. The molecule has 0 unspecified atom stereocenters. The number of halogens is 3. The second kappa shape index (κ2) is 10.0. The van der Waals surface area contributed by atoms with Crippen LogP contribution in [0.5, 0.6) is 0 Å². The van der Waals surface area contributed by atoms with Gasteiger partial charge in [-0.15, -0.1) is 0 Å². The summed E-state index contributed by atoms with van der Waals surface area (Å²) in [6.45, 7) is 2.90. The molecule has 0 spiro atoms. The minimum absolute atomic E-state index is 0.0136. The summed E-state index contributed by atoms with van der Waals surface area (Å²) in [6.07, 6.45) is -2.00. The Hall–Kier alpha value is -4.43. The molecule has 11 heteroatoms. The molecule has 200 valence electrons. The first-order valence-electron chi connectivity index (χ1n) is 12.4. The Morgan fingerprint density at radius 1 is 1.00 bits per heavy atom. The van der Waals surface area contributed by atoms with Crippen LogP contribution in [0.2, 0.25) is 0 Å². The molecule has 4 aromatic rings. The highest BCUT2D eigenvalue weighted by Crippen LogP contribution is 2.31. The quantitative estimate of drug-likeness (QED) is 0.389. The van der Waals surface area contributed by atoms with Gasteiger partial charge in [-0.2, -0.15) is 23.5 Å². The molecule has 2 aromatic heterocycles. The van der Waals surface area contributed by atoms with E-state index in [0.29, 0.717) is 42.9 Å². The number of hydrogen-bond acceptors (Lipinski definition) is 5. The Morgan fingerprint density at radius 3 is 2.33 bits per heavy atom. The van der Waals surface area contributed by atoms with Crippen molar-refractivity contribution in [2.75, 3.05) is 20.1 Å². The summed E-state index contributed by atoms with van der Waals surface area (Å²) in [7, 11) is 1.95. The van der Waals surface area contributed by atoms with E-state index in [9.17, 15) is 22.8 Å². The number of hydrogen-bond donors (Lipinski definition) is 0. The number of nitriles is 1. The first-order chi connectivity index (χ1) is 18.6.